The molecule has 25 heavy (non-hydrogen) atoms. The van der Waals surface area contributed by atoms with Gasteiger partial charge < -0.3 is 4.74 Å². The van der Waals surface area contributed by atoms with Crippen molar-refractivity contribution < 1.29 is 9.53 Å². The summed E-state index contributed by atoms with van der Waals surface area (Å²) in [5.74, 6) is 0.724. The topological polar surface area (TPSA) is 80.3 Å². The zero-order valence-electron chi connectivity index (χ0n) is 14.6. The van der Waals surface area contributed by atoms with Gasteiger partial charge in [-0.25, -0.2) is 9.78 Å². The summed E-state index contributed by atoms with van der Waals surface area (Å²) in [6.07, 6.45) is 4.44. The normalized spacial score (nSPS) is 15.8. The lowest BCUT2D eigenvalue weighted by Gasteiger charge is -2.19. The fourth-order valence-electron chi connectivity index (χ4n) is 3.54. The molecule has 0 bridgehead atoms. The number of carbonyl (C=O) groups excluding carboxylic acids is 1. The number of fused-ring (bicyclic) bond motifs is 1. The highest BCUT2D eigenvalue weighted by Crippen LogP contribution is 2.28. The van der Waals surface area contributed by atoms with Crippen LogP contribution in [-0.2, 0) is 4.74 Å². The molecule has 132 valence electrons. The maximum Gasteiger partial charge on any atom is 0.338 e. The molecule has 0 amide bonds. The number of aliphatic imine (C=N–C) groups is 1. The van der Waals surface area contributed by atoms with Crippen molar-refractivity contribution in [3.63, 3.8) is 0 Å². The largest absolute Gasteiger partial charge is 0.465 e. The molecule has 1 heterocycles. The number of nitrogens with one attached hydrogen (secondary N) is 1. The Labute approximate surface area is 151 Å². The van der Waals surface area contributed by atoms with Crippen molar-refractivity contribution in [2.75, 3.05) is 14.2 Å². The van der Waals surface area contributed by atoms with Gasteiger partial charge >= 0.3 is 5.97 Å². The molecule has 0 aliphatic heterocycles. The average molecular weight is 361 g/mol. The molecular formula is C18H21ClN4O2. The predicted molar refractivity (Wildman–Crippen MR) is 97.4 cm³/mol. The molecule has 0 radical (unpaired) electrons. The molecule has 0 spiro atoms. The molecule has 1 aromatic carbocycles. The number of rotatable bonds is 2. The van der Waals surface area contributed by atoms with E-state index in [0.717, 1.165) is 29.8 Å². The number of aryl methyl sites for hydroxylation is 1. The fourth-order valence-corrected chi connectivity index (χ4v) is 3.71. The number of esters is 1. The monoisotopic (exact) mass is 360 g/mol. The lowest BCUT2D eigenvalue weighted by molar-refractivity contribution is 0.0600. The zero-order valence-corrected chi connectivity index (χ0v) is 15.4. The van der Waals surface area contributed by atoms with E-state index in [1.807, 2.05) is 13.0 Å². The number of halogens is 1. The molecule has 6 nitrogen and oxygen atoms in total. The summed E-state index contributed by atoms with van der Waals surface area (Å²) in [6, 6.07) is 3.52. The Morgan fingerprint density at radius 3 is 2.68 bits per heavy atom. The minimum atomic E-state index is -0.418. The Morgan fingerprint density at radius 2 is 2.08 bits per heavy atom. The van der Waals surface area contributed by atoms with E-state index in [1.165, 1.54) is 20.0 Å². The third-order valence-electron chi connectivity index (χ3n) is 4.78. The number of benzene rings is 1. The van der Waals surface area contributed by atoms with Crippen LogP contribution in [0.25, 0.3) is 11.0 Å². The number of nitrogens with zero attached hydrogens (tertiary/aromatic N) is 3. The number of aromatic nitrogens is 2. The second-order valence-electron chi connectivity index (χ2n) is 6.30. The van der Waals surface area contributed by atoms with Crippen LogP contribution in [0.5, 0.6) is 0 Å². The molecule has 0 unspecified atom stereocenters. The van der Waals surface area contributed by atoms with Crippen LogP contribution in [0.15, 0.2) is 17.1 Å². The van der Waals surface area contributed by atoms with E-state index in [-0.39, 0.29) is 10.6 Å². The van der Waals surface area contributed by atoms with Crippen LogP contribution in [0, 0.1) is 18.3 Å². The molecule has 1 N–H and O–H groups in total. The Morgan fingerprint density at radius 1 is 1.40 bits per heavy atom. The first kappa shape index (κ1) is 17.6. The van der Waals surface area contributed by atoms with Gasteiger partial charge in [0.1, 0.15) is 5.84 Å². The fraction of sp³-hybridized carbons (Fsp3) is 0.444. The van der Waals surface area contributed by atoms with Crippen LogP contribution in [0.3, 0.4) is 0 Å². The Hall–Kier alpha value is -2.21. The van der Waals surface area contributed by atoms with Gasteiger partial charge in [0.05, 0.1) is 23.7 Å². The summed E-state index contributed by atoms with van der Waals surface area (Å²) in [5, 5.41) is 8.51. The number of hydrogen-bond donors (Lipinski definition) is 1. The van der Waals surface area contributed by atoms with E-state index in [4.69, 9.17) is 21.7 Å². The third kappa shape index (κ3) is 3.06. The molecule has 1 aromatic heterocycles. The summed E-state index contributed by atoms with van der Waals surface area (Å²) in [6.45, 7) is 1.84. The van der Waals surface area contributed by atoms with E-state index in [2.05, 4.69) is 9.98 Å². The smallest absolute Gasteiger partial charge is 0.338 e. The predicted octanol–water partition coefficient (Wildman–Crippen LogP) is 3.33. The van der Waals surface area contributed by atoms with Crippen molar-refractivity contribution in [3.05, 3.63) is 33.9 Å². The average Bonchev–Trinajstić information content (AvgIpc) is 3.12. The minimum absolute atomic E-state index is 0.0892. The van der Waals surface area contributed by atoms with Crippen LogP contribution < -0.4 is 5.49 Å². The third-order valence-corrected chi connectivity index (χ3v) is 5.05. The molecule has 2 aromatic rings. The maximum absolute atomic E-state index is 12.0. The van der Waals surface area contributed by atoms with Gasteiger partial charge in [-0.2, -0.15) is 0 Å². The van der Waals surface area contributed by atoms with Gasteiger partial charge in [-0.1, -0.05) is 24.4 Å². The second-order valence-corrected chi connectivity index (χ2v) is 6.66. The zero-order chi connectivity index (χ0) is 18.1. The lowest BCUT2D eigenvalue weighted by atomic mass is 10.0. The molecule has 3 rings (SSSR count). The SMILES string of the molecule is C/N=C(/C1CCCC1)n1c(=N)c(Cl)nc2cc(C(=O)OC)c(C)cc21. The highest BCUT2D eigenvalue weighted by molar-refractivity contribution is 6.29. The highest BCUT2D eigenvalue weighted by Gasteiger charge is 2.25. The lowest BCUT2D eigenvalue weighted by Crippen LogP contribution is -2.33. The van der Waals surface area contributed by atoms with Crippen molar-refractivity contribution in [3.8, 4) is 0 Å². The van der Waals surface area contributed by atoms with Gasteiger partial charge in [0.2, 0.25) is 0 Å². The van der Waals surface area contributed by atoms with E-state index >= 15 is 0 Å². The summed E-state index contributed by atoms with van der Waals surface area (Å²) in [5.41, 5.74) is 2.60. The standard InChI is InChI=1S/C18H21ClN4O2/c1-10-8-14-13(9-12(10)18(24)25-3)22-15(19)16(20)23(14)17(21-2)11-6-4-5-7-11/h8-9,11,20H,4-7H2,1-3H3/b20-16?,21-17-. The molecular weight excluding hydrogens is 340 g/mol. The molecule has 1 saturated carbocycles. The van der Waals surface area contributed by atoms with Gasteiger partial charge in [0.15, 0.2) is 10.6 Å². The summed E-state index contributed by atoms with van der Waals surface area (Å²) in [4.78, 5) is 20.7. The van der Waals surface area contributed by atoms with E-state index < -0.39 is 5.97 Å². The van der Waals surface area contributed by atoms with Crippen molar-refractivity contribution in [2.24, 2.45) is 10.9 Å². The highest BCUT2D eigenvalue weighted by atomic mass is 35.5. The number of methoxy groups -OCH3 is 1. The van der Waals surface area contributed by atoms with Gasteiger partial charge in [-0.15, -0.1) is 0 Å². The minimum Gasteiger partial charge on any atom is -0.465 e. The van der Waals surface area contributed by atoms with Crippen LogP contribution in [-0.4, -0.2) is 35.5 Å². The van der Waals surface area contributed by atoms with E-state index in [0.29, 0.717) is 17.0 Å². The van der Waals surface area contributed by atoms with Crippen molar-refractivity contribution >= 4 is 34.4 Å². The maximum atomic E-state index is 12.0. The number of carbonyl (C=O) groups is 1. The Kier molecular flexibility index (Phi) is 4.90. The van der Waals surface area contributed by atoms with Crippen LogP contribution in [0.4, 0.5) is 0 Å². The van der Waals surface area contributed by atoms with E-state index in [9.17, 15) is 4.79 Å². The van der Waals surface area contributed by atoms with E-state index in [1.54, 1.807) is 17.7 Å². The molecule has 1 fully saturated rings. The first-order valence-corrected chi connectivity index (χ1v) is 8.68. The summed E-state index contributed by atoms with van der Waals surface area (Å²) in [7, 11) is 3.09. The van der Waals surface area contributed by atoms with Gasteiger partial charge in [-0.3, -0.25) is 15.0 Å². The van der Waals surface area contributed by atoms with Crippen LogP contribution in [0.1, 0.15) is 41.6 Å². The van der Waals surface area contributed by atoms with Crippen LogP contribution >= 0.6 is 11.6 Å². The Bertz CT molecular complexity index is 927. The van der Waals surface area contributed by atoms with Gasteiger partial charge in [0.25, 0.3) is 0 Å². The van der Waals surface area contributed by atoms with Crippen molar-refractivity contribution in [2.45, 2.75) is 32.6 Å². The van der Waals surface area contributed by atoms with Crippen LogP contribution in [0.2, 0.25) is 5.15 Å². The number of ether oxygens (including phenoxy) is 1. The van der Waals surface area contributed by atoms with Crippen molar-refractivity contribution in [1.82, 2.24) is 9.55 Å². The molecule has 7 heteroatoms. The van der Waals surface area contributed by atoms with Gasteiger partial charge in [-0.05, 0) is 37.5 Å². The first-order valence-electron chi connectivity index (χ1n) is 8.30. The van der Waals surface area contributed by atoms with Gasteiger partial charge in [0, 0.05) is 13.0 Å². The second kappa shape index (κ2) is 6.96. The summed E-state index contributed by atoms with van der Waals surface area (Å²) >= 11 is 6.22. The molecule has 1 aliphatic carbocycles. The first-order chi connectivity index (χ1) is 12.0. The number of hydrogen-bond acceptors (Lipinski definition) is 5. The van der Waals surface area contributed by atoms with Crippen molar-refractivity contribution in [1.29, 1.82) is 5.41 Å². The quantitative estimate of drug-likeness (QED) is 0.506. The summed E-state index contributed by atoms with van der Waals surface area (Å²) < 4.78 is 6.61. The molecule has 1 aliphatic rings. The molecule has 0 atom stereocenters. The Balaban J connectivity index is 2.30. The molecule has 0 saturated heterocycles.